The maximum Gasteiger partial charge on any atom is 0.329 e. The predicted molar refractivity (Wildman–Crippen MR) is 56.2 cm³/mol. The van der Waals surface area contributed by atoms with E-state index in [-0.39, 0.29) is 11.9 Å². The van der Waals surface area contributed by atoms with Crippen molar-refractivity contribution in [2.24, 2.45) is 0 Å². The van der Waals surface area contributed by atoms with E-state index in [1.54, 1.807) is 0 Å². The van der Waals surface area contributed by atoms with Gasteiger partial charge in [0.2, 0.25) is 5.91 Å². The van der Waals surface area contributed by atoms with Crippen LogP contribution in [-0.4, -0.2) is 35.0 Å². The van der Waals surface area contributed by atoms with Crippen LogP contribution >= 0.6 is 0 Å². The summed E-state index contributed by atoms with van der Waals surface area (Å²) >= 11 is 0. The van der Waals surface area contributed by atoms with E-state index in [1.165, 1.54) is 11.0 Å². The van der Waals surface area contributed by atoms with Gasteiger partial charge in [0.25, 0.3) is 0 Å². The number of amides is 1. The first-order valence-electron chi connectivity index (χ1n) is 5.01. The third-order valence-corrected chi connectivity index (χ3v) is 2.16. The smallest absolute Gasteiger partial charge is 0.329 e. The average molecular weight is 211 g/mol. The molecule has 0 saturated carbocycles. The second-order valence-corrected chi connectivity index (χ2v) is 4.57. The summed E-state index contributed by atoms with van der Waals surface area (Å²) in [4.78, 5) is 24.4. The molecule has 0 aromatic carbocycles. The molecular formula is C11H17NO3. The molecule has 4 heteroatoms. The molecule has 1 fully saturated rings. The molecule has 4 nitrogen and oxygen atoms in total. The summed E-state index contributed by atoms with van der Waals surface area (Å²) in [5.41, 5.74) is -0.504. The molecule has 0 aromatic heterocycles. The van der Waals surface area contributed by atoms with Crippen LogP contribution in [0.3, 0.4) is 0 Å². The SMILES string of the molecule is C=CC(=O)N1CCC1C(=O)OC(C)(C)C. The molecule has 0 N–H and O–H groups in total. The molecule has 1 unspecified atom stereocenters. The molecule has 84 valence electrons. The highest BCUT2D eigenvalue weighted by molar-refractivity contribution is 5.92. The first kappa shape index (κ1) is 11.8. The summed E-state index contributed by atoms with van der Waals surface area (Å²) in [6, 6.07) is -0.422. The molecule has 0 radical (unpaired) electrons. The maximum atomic E-state index is 11.6. The normalized spacial score (nSPS) is 20.5. The van der Waals surface area contributed by atoms with E-state index in [2.05, 4.69) is 6.58 Å². The Hall–Kier alpha value is -1.32. The number of esters is 1. The van der Waals surface area contributed by atoms with Crippen LogP contribution < -0.4 is 0 Å². The number of hydrogen-bond donors (Lipinski definition) is 0. The van der Waals surface area contributed by atoms with Crippen molar-refractivity contribution in [1.82, 2.24) is 4.90 Å². The van der Waals surface area contributed by atoms with Gasteiger partial charge < -0.3 is 9.64 Å². The largest absolute Gasteiger partial charge is 0.458 e. The van der Waals surface area contributed by atoms with Crippen LogP contribution in [0.2, 0.25) is 0 Å². The van der Waals surface area contributed by atoms with Gasteiger partial charge in [-0.25, -0.2) is 4.79 Å². The number of hydrogen-bond acceptors (Lipinski definition) is 3. The lowest BCUT2D eigenvalue weighted by Crippen LogP contribution is -2.56. The number of ether oxygens (including phenoxy) is 1. The van der Waals surface area contributed by atoms with Gasteiger partial charge in [-0.2, -0.15) is 0 Å². The minimum Gasteiger partial charge on any atom is -0.458 e. The van der Waals surface area contributed by atoms with Crippen LogP contribution in [0, 0.1) is 0 Å². The van der Waals surface area contributed by atoms with Crippen molar-refractivity contribution < 1.29 is 14.3 Å². The molecule has 0 aliphatic carbocycles. The fourth-order valence-electron chi connectivity index (χ4n) is 1.38. The van der Waals surface area contributed by atoms with Gasteiger partial charge >= 0.3 is 5.97 Å². The average Bonchev–Trinajstić information content (AvgIpc) is 1.97. The highest BCUT2D eigenvalue weighted by atomic mass is 16.6. The topological polar surface area (TPSA) is 46.6 Å². The van der Waals surface area contributed by atoms with E-state index in [4.69, 9.17) is 4.74 Å². The number of likely N-dealkylation sites (tertiary alicyclic amines) is 1. The Labute approximate surface area is 89.9 Å². The van der Waals surface area contributed by atoms with Crippen LogP contribution in [-0.2, 0) is 14.3 Å². The van der Waals surface area contributed by atoms with Crippen molar-refractivity contribution in [2.45, 2.75) is 38.8 Å². The van der Waals surface area contributed by atoms with Crippen LogP contribution in [0.25, 0.3) is 0 Å². The second kappa shape index (κ2) is 4.04. The molecule has 1 amide bonds. The molecule has 1 heterocycles. The summed E-state index contributed by atoms with van der Waals surface area (Å²) in [7, 11) is 0. The van der Waals surface area contributed by atoms with E-state index in [9.17, 15) is 9.59 Å². The Bertz CT molecular complexity index is 291. The highest BCUT2D eigenvalue weighted by Gasteiger charge is 2.39. The monoisotopic (exact) mass is 211 g/mol. The summed E-state index contributed by atoms with van der Waals surface area (Å²) in [6.45, 7) is 9.42. The summed E-state index contributed by atoms with van der Waals surface area (Å²) in [5.74, 6) is -0.541. The van der Waals surface area contributed by atoms with Gasteiger partial charge in [-0.1, -0.05) is 6.58 Å². The lowest BCUT2D eigenvalue weighted by atomic mass is 10.0. The van der Waals surface area contributed by atoms with Gasteiger partial charge in [-0.3, -0.25) is 4.79 Å². The predicted octanol–water partition coefficient (Wildman–Crippen LogP) is 1.11. The minimum absolute atomic E-state index is 0.211. The Kier molecular flexibility index (Phi) is 3.17. The first-order valence-corrected chi connectivity index (χ1v) is 5.01. The molecule has 0 aromatic rings. The van der Waals surface area contributed by atoms with E-state index in [0.29, 0.717) is 13.0 Å². The lowest BCUT2D eigenvalue weighted by molar-refractivity contribution is -0.169. The van der Waals surface area contributed by atoms with E-state index in [0.717, 1.165) is 0 Å². The highest BCUT2D eigenvalue weighted by Crippen LogP contribution is 2.21. The van der Waals surface area contributed by atoms with Gasteiger partial charge in [0.05, 0.1) is 0 Å². The van der Waals surface area contributed by atoms with Gasteiger partial charge in [0.1, 0.15) is 11.6 Å². The van der Waals surface area contributed by atoms with Gasteiger partial charge in [0, 0.05) is 6.54 Å². The lowest BCUT2D eigenvalue weighted by Gasteiger charge is -2.39. The summed E-state index contributed by atoms with van der Waals surface area (Å²) < 4.78 is 5.20. The molecule has 1 rings (SSSR count). The van der Waals surface area contributed by atoms with Crippen molar-refractivity contribution >= 4 is 11.9 Å². The van der Waals surface area contributed by atoms with E-state index >= 15 is 0 Å². The summed E-state index contributed by atoms with van der Waals surface area (Å²) in [5, 5.41) is 0. The third-order valence-electron chi connectivity index (χ3n) is 2.16. The van der Waals surface area contributed by atoms with E-state index in [1.807, 2.05) is 20.8 Å². The fourth-order valence-corrected chi connectivity index (χ4v) is 1.38. The number of carbonyl (C=O) groups is 2. The quantitative estimate of drug-likeness (QED) is 0.508. The molecule has 0 spiro atoms. The first-order chi connectivity index (χ1) is 6.85. The van der Waals surface area contributed by atoms with Gasteiger partial charge in [-0.15, -0.1) is 0 Å². The Morgan fingerprint density at radius 2 is 2.07 bits per heavy atom. The molecule has 15 heavy (non-hydrogen) atoms. The molecule has 1 atom stereocenters. The van der Waals surface area contributed by atoms with Gasteiger partial charge in [0.15, 0.2) is 0 Å². The zero-order valence-electron chi connectivity index (χ0n) is 9.45. The zero-order chi connectivity index (χ0) is 11.6. The fraction of sp³-hybridized carbons (Fsp3) is 0.636. The Balaban J connectivity index is 2.55. The van der Waals surface area contributed by atoms with Crippen LogP contribution in [0.15, 0.2) is 12.7 Å². The molecule has 0 bridgehead atoms. The van der Waals surface area contributed by atoms with Crippen molar-refractivity contribution in [3.8, 4) is 0 Å². The summed E-state index contributed by atoms with van der Waals surface area (Å²) in [6.07, 6.45) is 1.89. The van der Waals surface area contributed by atoms with Crippen molar-refractivity contribution in [3.63, 3.8) is 0 Å². The van der Waals surface area contributed by atoms with Crippen molar-refractivity contribution in [2.75, 3.05) is 6.54 Å². The van der Waals surface area contributed by atoms with Crippen LogP contribution in [0.1, 0.15) is 27.2 Å². The van der Waals surface area contributed by atoms with Crippen molar-refractivity contribution in [1.29, 1.82) is 0 Å². The molecular weight excluding hydrogens is 194 g/mol. The van der Waals surface area contributed by atoms with Crippen LogP contribution in [0.4, 0.5) is 0 Å². The van der Waals surface area contributed by atoms with Gasteiger partial charge in [-0.05, 0) is 33.3 Å². The number of rotatable bonds is 2. The minimum atomic E-state index is -0.504. The third kappa shape index (κ3) is 2.81. The Morgan fingerprint density at radius 1 is 1.47 bits per heavy atom. The van der Waals surface area contributed by atoms with Crippen molar-refractivity contribution in [3.05, 3.63) is 12.7 Å². The second-order valence-electron chi connectivity index (χ2n) is 4.57. The standard InChI is InChI=1S/C11H17NO3/c1-5-9(13)12-7-6-8(12)10(14)15-11(2,3)4/h5,8H,1,6-7H2,2-4H3. The molecule has 1 saturated heterocycles. The molecule has 1 aliphatic rings. The molecule has 1 aliphatic heterocycles. The van der Waals surface area contributed by atoms with Crippen LogP contribution in [0.5, 0.6) is 0 Å². The number of nitrogens with zero attached hydrogens (tertiary/aromatic N) is 1. The zero-order valence-corrected chi connectivity index (χ0v) is 9.45. The van der Waals surface area contributed by atoms with E-state index < -0.39 is 11.6 Å². The Morgan fingerprint density at radius 3 is 2.40 bits per heavy atom. The number of carbonyl (C=O) groups excluding carboxylic acids is 2. The maximum absolute atomic E-state index is 11.6.